The highest BCUT2D eigenvalue weighted by Crippen LogP contribution is 2.35. The van der Waals surface area contributed by atoms with Gasteiger partial charge < -0.3 is 4.74 Å². The second kappa shape index (κ2) is 5.65. The number of esters is 1. The average molecular weight is 312 g/mol. The normalized spacial score (nSPS) is 27.7. The number of carbonyl (C=O) groups excluding carboxylic acids is 1. The lowest BCUT2D eigenvalue weighted by Crippen LogP contribution is -2.37. The average Bonchev–Trinajstić information content (AvgIpc) is 3.04. The van der Waals surface area contributed by atoms with Gasteiger partial charge in [0.1, 0.15) is 24.1 Å². The smallest absolute Gasteiger partial charge is 0.343 e. The van der Waals surface area contributed by atoms with Crippen LogP contribution in [-0.4, -0.2) is 26.7 Å². The monoisotopic (exact) mass is 312 g/mol. The van der Waals surface area contributed by atoms with Crippen LogP contribution in [0.4, 0.5) is 0 Å². The van der Waals surface area contributed by atoms with E-state index in [2.05, 4.69) is 37.4 Å². The first-order valence-electron chi connectivity index (χ1n) is 7.89. The standard InChI is InChI=1S/C17H20N4O2/c1-9-5-10(2)15(11(3)6-9)23-17(22)14-13(7-18)12(4)21-16(14)19-8-20-21/h8-11,15H,4-6H2,1-3H3. The first-order valence-corrected chi connectivity index (χ1v) is 7.89. The van der Waals surface area contributed by atoms with Gasteiger partial charge in [-0.15, -0.1) is 0 Å². The second-order valence-corrected chi connectivity index (χ2v) is 6.71. The highest BCUT2D eigenvalue weighted by Gasteiger charge is 2.35. The third-order valence-electron chi connectivity index (χ3n) is 4.79. The van der Waals surface area contributed by atoms with E-state index < -0.39 is 5.97 Å². The molecular formula is C17H20N4O2. The van der Waals surface area contributed by atoms with E-state index in [0.717, 1.165) is 12.8 Å². The molecule has 1 fully saturated rings. The molecule has 0 aliphatic heterocycles. The number of ether oxygens (including phenoxy) is 1. The largest absolute Gasteiger partial charge is 0.458 e. The Morgan fingerprint density at radius 1 is 1.39 bits per heavy atom. The Morgan fingerprint density at radius 3 is 2.65 bits per heavy atom. The highest BCUT2D eigenvalue weighted by molar-refractivity contribution is 5.99. The molecule has 6 nitrogen and oxygen atoms in total. The van der Waals surface area contributed by atoms with Crippen molar-refractivity contribution in [2.75, 3.05) is 0 Å². The van der Waals surface area contributed by atoms with Crippen molar-refractivity contribution >= 4 is 18.2 Å². The number of nitriles is 1. The predicted octanol–water partition coefficient (Wildman–Crippen LogP) is 1.96. The number of aromatic nitrogens is 3. The summed E-state index contributed by atoms with van der Waals surface area (Å²) in [6.45, 7) is 10.3. The van der Waals surface area contributed by atoms with Crippen LogP contribution >= 0.6 is 0 Å². The molecule has 3 rings (SSSR count). The highest BCUT2D eigenvalue weighted by atomic mass is 16.5. The number of fused-ring (bicyclic) bond motifs is 1. The van der Waals surface area contributed by atoms with Crippen LogP contribution in [0.5, 0.6) is 0 Å². The fourth-order valence-electron chi connectivity index (χ4n) is 3.89. The van der Waals surface area contributed by atoms with Gasteiger partial charge in [0, 0.05) is 0 Å². The maximum Gasteiger partial charge on any atom is 0.343 e. The van der Waals surface area contributed by atoms with E-state index >= 15 is 0 Å². The summed E-state index contributed by atoms with van der Waals surface area (Å²) < 4.78 is 7.19. The molecule has 0 saturated heterocycles. The molecule has 2 heterocycles. The number of nitrogens with zero attached hydrogens (tertiary/aromatic N) is 4. The van der Waals surface area contributed by atoms with Crippen LogP contribution in [0.1, 0.15) is 49.5 Å². The molecule has 6 heteroatoms. The van der Waals surface area contributed by atoms with Gasteiger partial charge >= 0.3 is 5.97 Å². The molecule has 120 valence electrons. The lowest BCUT2D eigenvalue weighted by Gasteiger charge is -2.37. The third kappa shape index (κ3) is 2.46. The Labute approximate surface area is 134 Å². The van der Waals surface area contributed by atoms with Crippen LogP contribution in [-0.2, 0) is 4.74 Å². The molecule has 1 aliphatic rings. The summed E-state index contributed by atoms with van der Waals surface area (Å²) >= 11 is 0. The van der Waals surface area contributed by atoms with E-state index in [1.54, 1.807) is 0 Å². The van der Waals surface area contributed by atoms with Crippen LogP contribution < -0.4 is 5.35 Å². The quantitative estimate of drug-likeness (QED) is 0.792. The first kappa shape index (κ1) is 15.5. The number of carbonyl (C=O) groups is 1. The molecule has 1 saturated carbocycles. The van der Waals surface area contributed by atoms with E-state index in [9.17, 15) is 10.1 Å². The summed E-state index contributed by atoms with van der Waals surface area (Å²) in [6, 6.07) is 2.02. The van der Waals surface area contributed by atoms with Crippen molar-refractivity contribution in [2.24, 2.45) is 17.8 Å². The molecule has 0 N–H and O–H groups in total. The molecule has 23 heavy (non-hydrogen) atoms. The molecule has 0 bridgehead atoms. The van der Waals surface area contributed by atoms with Crippen molar-refractivity contribution in [2.45, 2.75) is 39.7 Å². The van der Waals surface area contributed by atoms with Crippen LogP contribution in [0.3, 0.4) is 0 Å². The Hall–Kier alpha value is -2.42. The molecular weight excluding hydrogens is 292 g/mol. The van der Waals surface area contributed by atoms with Crippen molar-refractivity contribution in [1.82, 2.24) is 14.6 Å². The van der Waals surface area contributed by atoms with Gasteiger partial charge in [0.15, 0.2) is 5.65 Å². The summed E-state index contributed by atoms with van der Waals surface area (Å²) in [5.41, 5.74) is 0.698. The summed E-state index contributed by atoms with van der Waals surface area (Å²) in [7, 11) is 0. The van der Waals surface area contributed by atoms with Gasteiger partial charge in [0.05, 0.1) is 10.9 Å². The molecule has 1 aliphatic carbocycles. The Bertz CT molecular complexity index is 823. The molecule has 2 unspecified atom stereocenters. The van der Waals surface area contributed by atoms with E-state index in [1.807, 2.05) is 6.07 Å². The van der Waals surface area contributed by atoms with Gasteiger partial charge in [0.2, 0.25) is 0 Å². The number of hydrogen-bond donors (Lipinski definition) is 0. The van der Waals surface area contributed by atoms with Gasteiger partial charge in [-0.2, -0.15) is 10.4 Å². The molecule has 0 radical (unpaired) electrons. The molecule has 0 spiro atoms. The molecule has 0 amide bonds. The summed E-state index contributed by atoms with van der Waals surface area (Å²) in [4.78, 5) is 16.8. The topological polar surface area (TPSA) is 80.3 Å². The van der Waals surface area contributed by atoms with Gasteiger partial charge in [-0.1, -0.05) is 27.4 Å². The Morgan fingerprint density at radius 2 is 2.04 bits per heavy atom. The maximum absolute atomic E-state index is 12.7. The van der Waals surface area contributed by atoms with Gasteiger partial charge in [-0.25, -0.2) is 14.3 Å². The van der Waals surface area contributed by atoms with Crippen molar-refractivity contribution in [1.29, 1.82) is 5.26 Å². The van der Waals surface area contributed by atoms with Crippen molar-refractivity contribution in [3.63, 3.8) is 0 Å². The number of rotatable bonds is 2. The van der Waals surface area contributed by atoms with Gasteiger partial charge in [0.25, 0.3) is 0 Å². The van der Waals surface area contributed by atoms with Crippen molar-refractivity contribution < 1.29 is 9.53 Å². The summed E-state index contributed by atoms with van der Waals surface area (Å²) in [5.74, 6) is 0.725. The lowest BCUT2D eigenvalue weighted by atomic mass is 9.75. The van der Waals surface area contributed by atoms with Gasteiger partial charge in [-0.3, -0.25) is 0 Å². The third-order valence-corrected chi connectivity index (χ3v) is 4.79. The molecule has 2 atom stereocenters. The lowest BCUT2D eigenvalue weighted by molar-refractivity contribution is -0.0250. The minimum atomic E-state index is -0.507. The Kier molecular flexibility index (Phi) is 3.80. The molecule has 0 aromatic carbocycles. The van der Waals surface area contributed by atoms with Gasteiger partial charge in [-0.05, 0) is 30.6 Å². The van der Waals surface area contributed by atoms with Crippen molar-refractivity contribution in [3.05, 3.63) is 22.8 Å². The van der Waals surface area contributed by atoms with E-state index in [-0.39, 0.29) is 17.2 Å². The second-order valence-electron chi connectivity index (χ2n) is 6.71. The minimum Gasteiger partial charge on any atom is -0.458 e. The maximum atomic E-state index is 12.7. The van der Waals surface area contributed by atoms with Crippen LogP contribution in [0, 0.1) is 29.1 Å². The fourth-order valence-corrected chi connectivity index (χ4v) is 3.89. The molecule has 2 aromatic heterocycles. The fraction of sp³-hybridized carbons (Fsp3) is 0.529. The summed E-state index contributed by atoms with van der Waals surface area (Å²) in [5, 5.41) is 13.7. The summed E-state index contributed by atoms with van der Waals surface area (Å²) in [6.07, 6.45) is 3.27. The minimum absolute atomic E-state index is 0.142. The van der Waals surface area contributed by atoms with E-state index in [4.69, 9.17) is 4.74 Å². The first-order chi connectivity index (χ1) is 10.9. The number of hydrogen-bond acceptors (Lipinski definition) is 5. The van der Waals surface area contributed by atoms with Crippen LogP contribution in [0.15, 0.2) is 6.33 Å². The van der Waals surface area contributed by atoms with E-state index in [0.29, 0.717) is 28.8 Å². The van der Waals surface area contributed by atoms with Crippen molar-refractivity contribution in [3.8, 4) is 6.07 Å². The van der Waals surface area contributed by atoms with E-state index in [1.165, 1.54) is 10.8 Å². The SMILES string of the molecule is C=c1c(C#N)c(C(=O)OC2C(C)CC(C)CC2C)c2ncnn12. The zero-order chi connectivity index (χ0) is 16.7. The Balaban J connectivity index is 1.94. The zero-order valence-electron chi connectivity index (χ0n) is 13.6. The van der Waals surface area contributed by atoms with Crippen LogP contribution in [0.25, 0.3) is 12.2 Å². The van der Waals surface area contributed by atoms with Crippen LogP contribution in [0.2, 0.25) is 0 Å². The zero-order valence-corrected chi connectivity index (χ0v) is 13.6. The molecule has 2 aromatic rings. The predicted molar refractivity (Wildman–Crippen MR) is 84.4 cm³/mol.